The minimum atomic E-state index is -0.939. The Hall–Kier alpha value is -2.58. The number of aliphatic hydroxyl groups excluding tert-OH is 1. The molecule has 3 rings (SSSR count). The van der Waals surface area contributed by atoms with E-state index in [2.05, 4.69) is 31.9 Å². The number of benzene rings is 1. The number of nitrogens with one attached hydrogen (secondary N) is 2. The average Bonchev–Trinajstić information content (AvgIpc) is 3.20. The molecule has 1 aliphatic heterocycles. The topological polar surface area (TPSA) is 133 Å². The number of nitrogens with two attached hydrogens (primary N) is 1. The van der Waals surface area contributed by atoms with Gasteiger partial charge in [0.15, 0.2) is 0 Å². The number of halogens is 3. The van der Waals surface area contributed by atoms with Crippen LogP contribution >= 0.6 is 23.1 Å². The van der Waals surface area contributed by atoms with E-state index in [1.54, 1.807) is 0 Å². The summed E-state index contributed by atoms with van der Waals surface area (Å²) in [6.07, 6.45) is 0.394. The first-order valence-corrected chi connectivity index (χ1v) is 12.5. The molecule has 0 bridgehead atoms. The number of aromatic nitrogens is 1. The highest BCUT2D eigenvalue weighted by molar-refractivity contribution is 7.11. The second-order valence-corrected chi connectivity index (χ2v) is 9.66. The van der Waals surface area contributed by atoms with Gasteiger partial charge in [-0.3, -0.25) is 10.1 Å². The van der Waals surface area contributed by atoms with Crippen LogP contribution in [-0.2, 0) is 6.61 Å². The summed E-state index contributed by atoms with van der Waals surface area (Å²) in [5.74, 6) is -3.04. The summed E-state index contributed by atoms with van der Waals surface area (Å²) in [5.41, 5.74) is 4.77. The van der Waals surface area contributed by atoms with Crippen molar-refractivity contribution in [3.8, 4) is 5.88 Å². The SMILES string of the molecule is CN1CCN(CCC(O)CCNC(=O)Nc2snc(OCc3c(F)cc(Cl)cc3F)c2C(N)=O)CC1. The summed E-state index contributed by atoms with van der Waals surface area (Å²) in [6, 6.07) is 1.23. The fraction of sp³-hybridized carbons (Fsp3) is 0.500. The zero-order valence-electron chi connectivity index (χ0n) is 19.7. The monoisotopic (exact) mass is 546 g/mol. The van der Waals surface area contributed by atoms with Gasteiger partial charge in [-0.05, 0) is 43.6 Å². The molecule has 0 radical (unpaired) electrons. The molecule has 0 aliphatic carbocycles. The van der Waals surface area contributed by atoms with Crippen LogP contribution in [0.5, 0.6) is 5.88 Å². The zero-order chi connectivity index (χ0) is 26.2. The highest BCUT2D eigenvalue weighted by Gasteiger charge is 2.23. The first-order chi connectivity index (χ1) is 17.1. The lowest BCUT2D eigenvalue weighted by Crippen LogP contribution is -2.45. The third kappa shape index (κ3) is 7.96. The summed E-state index contributed by atoms with van der Waals surface area (Å²) >= 11 is 6.34. The molecule has 0 saturated carbocycles. The number of primary amides is 1. The molecule has 1 unspecified atom stereocenters. The first kappa shape index (κ1) is 28.0. The van der Waals surface area contributed by atoms with Gasteiger partial charge in [0.25, 0.3) is 5.91 Å². The smallest absolute Gasteiger partial charge is 0.319 e. The first-order valence-electron chi connectivity index (χ1n) is 11.3. The summed E-state index contributed by atoms with van der Waals surface area (Å²) in [7, 11) is 2.08. The molecule has 198 valence electrons. The summed E-state index contributed by atoms with van der Waals surface area (Å²) in [5, 5.41) is 15.2. The number of likely N-dealkylation sites (N-methyl/N-ethyl adjacent to an activating group) is 1. The molecule has 1 saturated heterocycles. The number of ether oxygens (including phenoxy) is 1. The van der Waals surface area contributed by atoms with Crippen LogP contribution in [0, 0.1) is 11.6 Å². The van der Waals surface area contributed by atoms with Gasteiger partial charge in [-0.2, -0.15) is 4.37 Å². The third-order valence-corrected chi connectivity index (χ3v) is 6.69. The molecule has 1 fully saturated rings. The van der Waals surface area contributed by atoms with E-state index in [-0.39, 0.29) is 28.0 Å². The molecule has 2 aromatic rings. The average molecular weight is 547 g/mol. The van der Waals surface area contributed by atoms with Crippen molar-refractivity contribution in [2.75, 3.05) is 51.6 Å². The van der Waals surface area contributed by atoms with Gasteiger partial charge in [0.05, 0.1) is 11.7 Å². The Morgan fingerprint density at radius 3 is 2.56 bits per heavy atom. The van der Waals surface area contributed by atoms with Crippen molar-refractivity contribution in [3.05, 3.63) is 39.9 Å². The van der Waals surface area contributed by atoms with Crippen LogP contribution < -0.4 is 21.1 Å². The predicted octanol–water partition coefficient (Wildman–Crippen LogP) is 2.26. The fourth-order valence-electron chi connectivity index (χ4n) is 3.57. The number of hydrogen-bond donors (Lipinski definition) is 4. The molecule has 0 spiro atoms. The van der Waals surface area contributed by atoms with Gasteiger partial charge in [0.1, 0.15) is 28.8 Å². The summed E-state index contributed by atoms with van der Waals surface area (Å²) in [4.78, 5) is 28.8. The Labute approximate surface area is 216 Å². The van der Waals surface area contributed by atoms with Gasteiger partial charge in [-0.1, -0.05) is 11.6 Å². The van der Waals surface area contributed by atoms with E-state index in [9.17, 15) is 23.5 Å². The number of amides is 3. The van der Waals surface area contributed by atoms with Crippen molar-refractivity contribution in [1.82, 2.24) is 19.5 Å². The maximum Gasteiger partial charge on any atom is 0.319 e. The molecule has 36 heavy (non-hydrogen) atoms. The van der Waals surface area contributed by atoms with E-state index >= 15 is 0 Å². The maximum atomic E-state index is 14.0. The van der Waals surface area contributed by atoms with Crippen molar-refractivity contribution in [3.63, 3.8) is 0 Å². The van der Waals surface area contributed by atoms with Crippen LogP contribution in [0.3, 0.4) is 0 Å². The van der Waals surface area contributed by atoms with Crippen molar-refractivity contribution in [1.29, 1.82) is 0 Å². The van der Waals surface area contributed by atoms with Gasteiger partial charge in [0.2, 0.25) is 5.88 Å². The van der Waals surface area contributed by atoms with E-state index in [1.807, 2.05) is 0 Å². The second-order valence-electron chi connectivity index (χ2n) is 8.45. The number of nitrogens with zero attached hydrogens (tertiary/aromatic N) is 3. The van der Waals surface area contributed by atoms with Gasteiger partial charge < -0.3 is 30.7 Å². The van der Waals surface area contributed by atoms with Gasteiger partial charge >= 0.3 is 6.03 Å². The standard InChI is InChI=1S/C22H29ClF2N6O4S/c1-30-6-8-31(9-7-30)5-3-14(32)2-4-27-22(34)28-21-18(19(26)33)20(29-36-21)35-12-15-16(24)10-13(23)11-17(15)25/h10-11,14,32H,2-9,12H2,1H3,(H2,26,33)(H2,27,28,34). The number of anilines is 1. The van der Waals surface area contributed by atoms with E-state index in [4.69, 9.17) is 22.1 Å². The Morgan fingerprint density at radius 2 is 1.92 bits per heavy atom. The zero-order valence-corrected chi connectivity index (χ0v) is 21.3. The number of piperazine rings is 1. The Balaban J connectivity index is 1.47. The number of rotatable bonds is 11. The van der Waals surface area contributed by atoms with E-state index in [0.29, 0.717) is 12.8 Å². The van der Waals surface area contributed by atoms with Crippen LogP contribution in [0.4, 0.5) is 18.6 Å². The highest BCUT2D eigenvalue weighted by atomic mass is 35.5. The second kappa shape index (κ2) is 13.1. The Morgan fingerprint density at radius 1 is 1.25 bits per heavy atom. The molecule has 1 aromatic heterocycles. The van der Waals surface area contributed by atoms with Gasteiger partial charge in [0, 0.05) is 44.3 Å². The fourth-order valence-corrected chi connectivity index (χ4v) is 4.50. The maximum absolute atomic E-state index is 14.0. The molecule has 14 heteroatoms. The quantitative estimate of drug-likeness (QED) is 0.340. The molecule has 10 nitrogen and oxygen atoms in total. The highest BCUT2D eigenvalue weighted by Crippen LogP contribution is 2.31. The van der Waals surface area contributed by atoms with Crippen molar-refractivity contribution < 1.29 is 28.2 Å². The minimum Gasteiger partial charge on any atom is -0.471 e. The largest absolute Gasteiger partial charge is 0.471 e. The van der Waals surface area contributed by atoms with Crippen LogP contribution in [0.1, 0.15) is 28.8 Å². The number of carbonyl (C=O) groups is 2. The van der Waals surface area contributed by atoms with Crippen LogP contribution in [-0.4, -0.2) is 83.6 Å². The van der Waals surface area contributed by atoms with Crippen molar-refractivity contribution >= 4 is 40.1 Å². The Kier molecular flexibility index (Phi) is 10.2. The number of hydrogen-bond acceptors (Lipinski definition) is 8. The van der Waals surface area contributed by atoms with Crippen LogP contribution in [0.2, 0.25) is 5.02 Å². The normalized spacial score (nSPS) is 15.5. The van der Waals surface area contributed by atoms with Crippen LogP contribution in [0.25, 0.3) is 0 Å². The van der Waals surface area contributed by atoms with Crippen LogP contribution in [0.15, 0.2) is 12.1 Å². The summed E-state index contributed by atoms with van der Waals surface area (Å²) < 4.78 is 37.2. The Bertz CT molecular complexity index is 1040. The summed E-state index contributed by atoms with van der Waals surface area (Å²) in [6.45, 7) is 4.37. The number of carbonyl (C=O) groups excluding carboxylic acids is 2. The van der Waals surface area contributed by atoms with E-state index < -0.39 is 41.8 Å². The van der Waals surface area contributed by atoms with Crippen molar-refractivity contribution in [2.45, 2.75) is 25.6 Å². The lowest BCUT2D eigenvalue weighted by Gasteiger charge is -2.32. The molecular formula is C22H29ClF2N6O4S. The lowest BCUT2D eigenvalue weighted by molar-refractivity contribution is 0.0996. The molecule has 3 amide bonds. The van der Waals surface area contributed by atoms with Gasteiger partial charge in [-0.25, -0.2) is 13.6 Å². The third-order valence-electron chi connectivity index (χ3n) is 5.73. The minimum absolute atomic E-state index is 0.0164. The van der Waals surface area contributed by atoms with Crippen molar-refractivity contribution in [2.24, 2.45) is 5.73 Å². The van der Waals surface area contributed by atoms with Gasteiger partial charge in [-0.15, -0.1) is 0 Å². The molecule has 1 atom stereocenters. The molecule has 2 heterocycles. The molecule has 5 N–H and O–H groups in total. The molecular weight excluding hydrogens is 518 g/mol. The van der Waals surface area contributed by atoms with E-state index in [0.717, 1.165) is 56.4 Å². The molecule has 1 aromatic carbocycles. The number of aliphatic hydroxyl groups is 1. The lowest BCUT2D eigenvalue weighted by atomic mass is 10.1. The van der Waals surface area contributed by atoms with E-state index in [1.165, 1.54) is 0 Å². The predicted molar refractivity (Wildman–Crippen MR) is 133 cm³/mol. The number of urea groups is 1. The molecule has 1 aliphatic rings.